The number of esters is 1. The quantitative estimate of drug-likeness (QED) is 0.867. The molecule has 1 aliphatic rings. The van der Waals surface area contributed by atoms with Gasteiger partial charge in [-0.15, -0.1) is 0 Å². The molecule has 23 heavy (non-hydrogen) atoms. The Labute approximate surface area is 135 Å². The molecule has 1 aliphatic heterocycles. The molecule has 3 rings (SSSR count). The zero-order valence-electron chi connectivity index (χ0n) is 12.4. The van der Waals surface area contributed by atoms with Crippen molar-refractivity contribution in [2.24, 2.45) is 0 Å². The van der Waals surface area contributed by atoms with Crippen LogP contribution in [0, 0.1) is 0 Å². The van der Waals surface area contributed by atoms with E-state index in [4.69, 9.17) is 4.74 Å². The summed E-state index contributed by atoms with van der Waals surface area (Å²) in [4.78, 5) is 12.5. The molecule has 1 heterocycles. The second-order valence-corrected chi connectivity index (χ2v) is 7.36. The van der Waals surface area contributed by atoms with Crippen LogP contribution in [0.25, 0.3) is 0 Å². The van der Waals surface area contributed by atoms with Gasteiger partial charge in [0.15, 0.2) is 15.1 Å². The minimum Gasteiger partial charge on any atom is -0.463 e. The fourth-order valence-electron chi connectivity index (χ4n) is 2.71. The molecule has 0 saturated carbocycles. The van der Waals surface area contributed by atoms with E-state index in [-0.39, 0.29) is 11.5 Å². The maximum Gasteiger partial charge on any atom is 0.326 e. The van der Waals surface area contributed by atoms with E-state index < -0.39 is 27.1 Å². The van der Waals surface area contributed by atoms with Gasteiger partial charge in [-0.1, -0.05) is 48.5 Å². The summed E-state index contributed by atoms with van der Waals surface area (Å²) in [6.07, 6.45) is 0. The molecule has 0 aromatic heterocycles. The van der Waals surface area contributed by atoms with Crippen LogP contribution in [-0.2, 0) is 19.4 Å². The van der Waals surface area contributed by atoms with Gasteiger partial charge in [-0.25, -0.2) is 8.42 Å². The van der Waals surface area contributed by atoms with Crippen molar-refractivity contribution in [2.45, 2.75) is 16.2 Å². The van der Waals surface area contributed by atoms with Gasteiger partial charge in [0.2, 0.25) is 0 Å². The lowest BCUT2D eigenvalue weighted by molar-refractivity contribution is -0.142. The highest BCUT2D eigenvalue weighted by Crippen LogP contribution is 2.29. The first-order chi connectivity index (χ1) is 11.1. The predicted molar refractivity (Wildman–Crippen MR) is 85.6 cm³/mol. The highest BCUT2D eigenvalue weighted by atomic mass is 32.2. The number of nitrogens with one attached hydrogen (secondary N) is 1. The first-order valence-corrected chi connectivity index (χ1v) is 8.89. The largest absolute Gasteiger partial charge is 0.463 e. The van der Waals surface area contributed by atoms with Crippen LogP contribution in [0.15, 0.2) is 65.6 Å². The Morgan fingerprint density at radius 1 is 0.957 bits per heavy atom. The molecule has 120 valence electrons. The van der Waals surface area contributed by atoms with Crippen molar-refractivity contribution in [1.29, 1.82) is 0 Å². The first kappa shape index (κ1) is 15.7. The Hall–Kier alpha value is -2.18. The van der Waals surface area contributed by atoms with Gasteiger partial charge in [0.25, 0.3) is 0 Å². The summed E-state index contributed by atoms with van der Waals surface area (Å²) in [5, 5.41) is 1.82. The van der Waals surface area contributed by atoms with E-state index in [1.807, 2.05) is 30.3 Å². The van der Waals surface area contributed by atoms with Crippen LogP contribution in [0.5, 0.6) is 0 Å². The zero-order valence-corrected chi connectivity index (χ0v) is 13.2. The average molecular weight is 331 g/mol. The molecule has 1 N–H and O–H groups in total. The Morgan fingerprint density at radius 3 is 2.22 bits per heavy atom. The van der Waals surface area contributed by atoms with Crippen molar-refractivity contribution >= 4 is 15.8 Å². The molecule has 2 atom stereocenters. The number of rotatable bonds is 3. The normalized spacial score (nSPS) is 22.2. The second kappa shape index (κ2) is 6.52. The molecular formula is C17H17NO4S. The molecule has 2 aromatic carbocycles. The van der Waals surface area contributed by atoms with Gasteiger partial charge in [0.05, 0.1) is 10.9 Å². The van der Waals surface area contributed by atoms with Gasteiger partial charge in [-0.3, -0.25) is 4.79 Å². The third kappa shape index (κ3) is 3.13. The summed E-state index contributed by atoms with van der Waals surface area (Å²) >= 11 is 0. The fourth-order valence-corrected chi connectivity index (χ4v) is 4.47. The predicted octanol–water partition coefficient (Wildman–Crippen LogP) is 1.72. The number of cyclic esters (lactones) is 1. The van der Waals surface area contributed by atoms with Crippen molar-refractivity contribution in [3.05, 3.63) is 66.2 Å². The number of benzene rings is 2. The number of sulfone groups is 1. The summed E-state index contributed by atoms with van der Waals surface area (Å²) in [5.41, 5.74) is 0.746. The number of carbonyl (C=O) groups excluding carboxylic acids is 1. The van der Waals surface area contributed by atoms with Crippen molar-refractivity contribution in [3.63, 3.8) is 0 Å². The Balaban J connectivity index is 2.09. The van der Waals surface area contributed by atoms with Gasteiger partial charge in [-0.2, -0.15) is 0 Å². The fraction of sp³-hybridized carbons (Fsp3) is 0.235. The van der Waals surface area contributed by atoms with Gasteiger partial charge in [0, 0.05) is 6.54 Å². The molecule has 0 spiro atoms. The molecule has 6 heteroatoms. The molecule has 5 nitrogen and oxygen atoms in total. The minimum atomic E-state index is -3.87. The lowest BCUT2D eigenvalue weighted by Crippen LogP contribution is -2.41. The Kier molecular flexibility index (Phi) is 4.45. The Morgan fingerprint density at radius 2 is 1.57 bits per heavy atom. The van der Waals surface area contributed by atoms with E-state index in [1.165, 1.54) is 12.1 Å². The SMILES string of the molecule is O=C1OCCNC(c2ccccc2)C1S(=O)(=O)c1ccccc1. The second-order valence-electron chi connectivity index (χ2n) is 5.29. The summed E-state index contributed by atoms with van der Waals surface area (Å²) in [7, 11) is -3.87. The number of ether oxygens (including phenoxy) is 1. The molecule has 1 fully saturated rings. The summed E-state index contributed by atoms with van der Waals surface area (Å²) in [6, 6.07) is 16.5. The summed E-state index contributed by atoms with van der Waals surface area (Å²) < 4.78 is 31.1. The van der Waals surface area contributed by atoms with Crippen LogP contribution >= 0.6 is 0 Å². The zero-order chi connectivity index (χ0) is 16.3. The molecule has 0 bridgehead atoms. The summed E-state index contributed by atoms with van der Waals surface area (Å²) in [5.74, 6) is -0.715. The van der Waals surface area contributed by atoms with Crippen molar-refractivity contribution < 1.29 is 17.9 Å². The highest BCUT2D eigenvalue weighted by molar-refractivity contribution is 7.92. The lowest BCUT2D eigenvalue weighted by Gasteiger charge is -2.24. The monoisotopic (exact) mass is 331 g/mol. The highest BCUT2D eigenvalue weighted by Gasteiger charge is 2.43. The number of carbonyl (C=O) groups is 1. The van der Waals surface area contributed by atoms with E-state index >= 15 is 0 Å². The van der Waals surface area contributed by atoms with E-state index in [0.717, 1.165) is 5.56 Å². The maximum absolute atomic E-state index is 13.0. The molecule has 2 unspecified atom stereocenters. The molecule has 0 aliphatic carbocycles. The van der Waals surface area contributed by atoms with Gasteiger partial charge in [-0.05, 0) is 17.7 Å². The summed E-state index contributed by atoms with van der Waals surface area (Å²) in [6.45, 7) is 0.565. The molecule has 0 radical (unpaired) electrons. The topological polar surface area (TPSA) is 72.5 Å². The molecular weight excluding hydrogens is 314 g/mol. The van der Waals surface area contributed by atoms with Crippen LogP contribution in [0.1, 0.15) is 11.6 Å². The average Bonchev–Trinajstić information content (AvgIpc) is 2.78. The molecule has 1 saturated heterocycles. The van der Waals surface area contributed by atoms with Crippen LogP contribution in [0.4, 0.5) is 0 Å². The molecule has 2 aromatic rings. The van der Waals surface area contributed by atoms with Crippen LogP contribution < -0.4 is 5.32 Å². The maximum atomic E-state index is 13.0. The van der Waals surface area contributed by atoms with Crippen molar-refractivity contribution in [1.82, 2.24) is 5.32 Å². The first-order valence-electron chi connectivity index (χ1n) is 7.34. The van der Waals surface area contributed by atoms with E-state index in [9.17, 15) is 13.2 Å². The third-order valence-corrected chi connectivity index (χ3v) is 5.87. The van der Waals surface area contributed by atoms with E-state index in [2.05, 4.69) is 5.32 Å². The minimum absolute atomic E-state index is 0.117. The third-order valence-electron chi connectivity index (χ3n) is 3.81. The van der Waals surface area contributed by atoms with Crippen molar-refractivity contribution in [2.75, 3.05) is 13.2 Å². The standard InChI is InChI=1S/C17H17NO4S/c19-17-16(23(20,21)14-9-5-2-6-10-14)15(18-11-12-22-17)13-7-3-1-4-8-13/h1-10,15-16,18H,11-12H2. The Bertz CT molecular complexity index is 775. The smallest absolute Gasteiger partial charge is 0.326 e. The lowest BCUT2D eigenvalue weighted by atomic mass is 10.0. The van der Waals surface area contributed by atoms with Gasteiger partial charge >= 0.3 is 5.97 Å². The van der Waals surface area contributed by atoms with E-state index in [1.54, 1.807) is 18.2 Å². The van der Waals surface area contributed by atoms with Gasteiger partial charge in [0.1, 0.15) is 6.61 Å². The van der Waals surface area contributed by atoms with E-state index in [0.29, 0.717) is 6.54 Å². The van der Waals surface area contributed by atoms with Gasteiger partial charge < -0.3 is 10.1 Å². The number of hydrogen-bond acceptors (Lipinski definition) is 5. The van der Waals surface area contributed by atoms with Crippen LogP contribution in [0.2, 0.25) is 0 Å². The van der Waals surface area contributed by atoms with Crippen LogP contribution in [-0.4, -0.2) is 32.8 Å². The van der Waals surface area contributed by atoms with Crippen LogP contribution in [0.3, 0.4) is 0 Å². The molecule has 0 amide bonds. The number of hydrogen-bond donors (Lipinski definition) is 1. The van der Waals surface area contributed by atoms with Crippen molar-refractivity contribution in [3.8, 4) is 0 Å².